The molecule has 98 valence electrons. The van der Waals surface area contributed by atoms with Gasteiger partial charge in [-0.25, -0.2) is 4.39 Å². The highest BCUT2D eigenvalue weighted by atomic mass is 19.1. The predicted octanol–water partition coefficient (Wildman–Crippen LogP) is 1.57. The number of ether oxygens (including phenoxy) is 1. The summed E-state index contributed by atoms with van der Waals surface area (Å²) in [5.41, 5.74) is 0.511. The fourth-order valence-electron chi connectivity index (χ4n) is 2.08. The third kappa shape index (κ3) is 2.46. The average molecular weight is 253 g/mol. The smallest absolute Gasteiger partial charge is 0.227 e. The second-order valence-corrected chi connectivity index (χ2v) is 4.30. The van der Waals surface area contributed by atoms with Gasteiger partial charge in [0.2, 0.25) is 5.91 Å². The molecule has 1 aliphatic heterocycles. The molecule has 1 amide bonds. The standard InChI is InChI=1S/C13H16FNO3/c1-2-18-12-4-3-10(6-11(12)14)15-7-9(8-16)5-13(15)17/h3-4,6,9,16H,2,5,7-8H2,1H3. The van der Waals surface area contributed by atoms with E-state index >= 15 is 0 Å². The number of benzene rings is 1. The molecule has 1 N–H and O–H groups in total. The fourth-order valence-corrected chi connectivity index (χ4v) is 2.08. The molecule has 18 heavy (non-hydrogen) atoms. The molecule has 1 atom stereocenters. The highest BCUT2D eigenvalue weighted by Crippen LogP contribution is 2.28. The summed E-state index contributed by atoms with van der Waals surface area (Å²) in [7, 11) is 0. The molecule has 0 radical (unpaired) electrons. The molecule has 0 aliphatic carbocycles. The Kier molecular flexibility index (Phi) is 3.81. The zero-order chi connectivity index (χ0) is 13.1. The first-order valence-corrected chi connectivity index (χ1v) is 5.99. The van der Waals surface area contributed by atoms with Crippen LogP contribution in [0.2, 0.25) is 0 Å². The number of carbonyl (C=O) groups excluding carboxylic acids is 1. The summed E-state index contributed by atoms with van der Waals surface area (Å²) in [5, 5.41) is 9.04. The zero-order valence-electron chi connectivity index (χ0n) is 10.2. The van der Waals surface area contributed by atoms with Crippen LogP contribution in [0.25, 0.3) is 0 Å². The molecule has 1 aliphatic rings. The van der Waals surface area contributed by atoms with Gasteiger partial charge in [0.1, 0.15) is 0 Å². The lowest BCUT2D eigenvalue weighted by Gasteiger charge is -2.17. The monoisotopic (exact) mass is 253 g/mol. The number of amides is 1. The molecule has 0 spiro atoms. The fraction of sp³-hybridized carbons (Fsp3) is 0.462. The van der Waals surface area contributed by atoms with Gasteiger partial charge in [-0.3, -0.25) is 4.79 Å². The van der Waals surface area contributed by atoms with Crippen LogP contribution in [0.1, 0.15) is 13.3 Å². The molecule has 1 aromatic carbocycles. The van der Waals surface area contributed by atoms with Crippen LogP contribution >= 0.6 is 0 Å². The number of hydrogen-bond acceptors (Lipinski definition) is 3. The number of rotatable bonds is 4. The molecule has 0 saturated carbocycles. The van der Waals surface area contributed by atoms with Gasteiger partial charge in [0.15, 0.2) is 11.6 Å². The summed E-state index contributed by atoms with van der Waals surface area (Å²) in [6, 6.07) is 4.47. The van der Waals surface area contributed by atoms with Gasteiger partial charge in [-0.05, 0) is 19.1 Å². The van der Waals surface area contributed by atoms with Gasteiger partial charge in [-0.2, -0.15) is 0 Å². The SMILES string of the molecule is CCOc1ccc(N2CC(CO)CC2=O)cc1F. The lowest BCUT2D eigenvalue weighted by molar-refractivity contribution is -0.117. The average Bonchev–Trinajstić information content (AvgIpc) is 2.73. The van der Waals surface area contributed by atoms with Crippen molar-refractivity contribution >= 4 is 11.6 Å². The van der Waals surface area contributed by atoms with Gasteiger partial charge in [0.05, 0.1) is 6.61 Å². The number of halogens is 1. The van der Waals surface area contributed by atoms with E-state index in [9.17, 15) is 9.18 Å². The van der Waals surface area contributed by atoms with Crippen LogP contribution in [-0.2, 0) is 4.79 Å². The number of nitrogens with zero attached hydrogens (tertiary/aromatic N) is 1. The summed E-state index contributed by atoms with van der Waals surface area (Å²) >= 11 is 0. The molecule has 0 aromatic heterocycles. The lowest BCUT2D eigenvalue weighted by Crippen LogP contribution is -2.25. The van der Waals surface area contributed by atoms with Crippen LogP contribution in [-0.4, -0.2) is 30.8 Å². The Balaban J connectivity index is 2.19. The van der Waals surface area contributed by atoms with E-state index in [-0.39, 0.29) is 24.2 Å². The first kappa shape index (κ1) is 12.8. The van der Waals surface area contributed by atoms with Crippen LogP contribution in [0.4, 0.5) is 10.1 Å². The Morgan fingerprint density at radius 3 is 2.89 bits per heavy atom. The summed E-state index contributed by atoms with van der Waals surface area (Å²) in [4.78, 5) is 13.2. The van der Waals surface area contributed by atoms with Crippen molar-refractivity contribution in [3.8, 4) is 5.75 Å². The molecule has 1 fully saturated rings. The Bertz CT molecular complexity index is 450. The molecule has 1 aromatic rings. The van der Waals surface area contributed by atoms with Crippen LogP contribution < -0.4 is 9.64 Å². The van der Waals surface area contributed by atoms with Gasteiger partial charge >= 0.3 is 0 Å². The number of hydrogen-bond donors (Lipinski definition) is 1. The van der Waals surface area contributed by atoms with E-state index < -0.39 is 5.82 Å². The van der Waals surface area contributed by atoms with Crippen molar-refractivity contribution in [3.63, 3.8) is 0 Å². The van der Waals surface area contributed by atoms with Crippen molar-refractivity contribution in [3.05, 3.63) is 24.0 Å². The third-order valence-electron chi connectivity index (χ3n) is 2.99. The van der Waals surface area contributed by atoms with E-state index in [1.165, 1.54) is 17.0 Å². The summed E-state index contributed by atoms with van der Waals surface area (Å²) in [5.74, 6) is -0.439. The maximum absolute atomic E-state index is 13.7. The van der Waals surface area contributed by atoms with Gasteiger partial charge in [0, 0.05) is 37.2 Å². The second-order valence-electron chi connectivity index (χ2n) is 4.30. The Hall–Kier alpha value is -1.62. The number of anilines is 1. The molecule has 0 bridgehead atoms. The van der Waals surface area contributed by atoms with Gasteiger partial charge in [0.25, 0.3) is 0 Å². The highest BCUT2D eigenvalue weighted by Gasteiger charge is 2.30. The van der Waals surface area contributed by atoms with E-state index in [0.29, 0.717) is 25.3 Å². The Labute approximate surface area is 105 Å². The number of aliphatic hydroxyl groups is 1. The Morgan fingerprint density at radius 1 is 1.56 bits per heavy atom. The maximum atomic E-state index is 13.7. The van der Waals surface area contributed by atoms with Crippen molar-refractivity contribution in [1.82, 2.24) is 0 Å². The first-order chi connectivity index (χ1) is 8.65. The molecular formula is C13H16FNO3. The topological polar surface area (TPSA) is 49.8 Å². The largest absolute Gasteiger partial charge is 0.491 e. The minimum atomic E-state index is -0.477. The molecule has 5 heteroatoms. The summed E-state index contributed by atoms with van der Waals surface area (Å²) in [6.07, 6.45) is 0.311. The van der Waals surface area contributed by atoms with Crippen LogP contribution in [0.3, 0.4) is 0 Å². The van der Waals surface area contributed by atoms with E-state index in [1.807, 2.05) is 0 Å². The maximum Gasteiger partial charge on any atom is 0.227 e. The lowest BCUT2D eigenvalue weighted by atomic mass is 10.1. The van der Waals surface area contributed by atoms with Crippen LogP contribution in [0, 0.1) is 11.7 Å². The molecule has 2 rings (SSSR count). The number of aliphatic hydroxyl groups excluding tert-OH is 1. The van der Waals surface area contributed by atoms with Crippen molar-refractivity contribution < 1.29 is 19.0 Å². The minimum Gasteiger partial charge on any atom is -0.491 e. The first-order valence-electron chi connectivity index (χ1n) is 5.99. The van der Waals surface area contributed by atoms with E-state index in [4.69, 9.17) is 9.84 Å². The van der Waals surface area contributed by atoms with Gasteiger partial charge in [-0.15, -0.1) is 0 Å². The quantitative estimate of drug-likeness (QED) is 0.886. The molecule has 1 heterocycles. The van der Waals surface area contributed by atoms with E-state index in [2.05, 4.69) is 0 Å². The van der Waals surface area contributed by atoms with Crippen molar-refractivity contribution in [2.45, 2.75) is 13.3 Å². The highest BCUT2D eigenvalue weighted by molar-refractivity contribution is 5.95. The number of carbonyl (C=O) groups is 1. The second kappa shape index (κ2) is 5.35. The summed E-state index contributed by atoms with van der Waals surface area (Å²) < 4.78 is 18.8. The zero-order valence-corrected chi connectivity index (χ0v) is 10.2. The van der Waals surface area contributed by atoms with E-state index in [1.54, 1.807) is 13.0 Å². The molecule has 4 nitrogen and oxygen atoms in total. The third-order valence-corrected chi connectivity index (χ3v) is 2.99. The summed E-state index contributed by atoms with van der Waals surface area (Å²) in [6.45, 7) is 2.58. The molecule has 1 unspecified atom stereocenters. The molecular weight excluding hydrogens is 237 g/mol. The predicted molar refractivity (Wildman–Crippen MR) is 65.1 cm³/mol. The van der Waals surface area contributed by atoms with Crippen molar-refractivity contribution in [2.24, 2.45) is 5.92 Å². The normalized spacial score (nSPS) is 19.4. The van der Waals surface area contributed by atoms with Crippen LogP contribution in [0.5, 0.6) is 5.75 Å². The minimum absolute atomic E-state index is 0.0260. The van der Waals surface area contributed by atoms with E-state index in [0.717, 1.165) is 0 Å². The van der Waals surface area contributed by atoms with Gasteiger partial charge < -0.3 is 14.7 Å². The Morgan fingerprint density at radius 2 is 2.33 bits per heavy atom. The molecule has 1 saturated heterocycles. The van der Waals surface area contributed by atoms with Crippen molar-refractivity contribution in [2.75, 3.05) is 24.7 Å². The van der Waals surface area contributed by atoms with Gasteiger partial charge in [-0.1, -0.05) is 0 Å². The van der Waals surface area contributed by atoms with Crippen molar-refractivity contribution in [1.29, 1.82) is 0 Å². The van der Waals surface area contributed by atoms with Crippen LogP contribution in [0.15, 0.2) is 18.2 Å².